The molecule has 0 unspecified atom stereocenters. The SMILES string of the molecule is CN(C)C=Nc1ccc(Nc2[nH]nc3ncnc(Nc4cccc(Cl)c4)c23)cc1. The zero-order valence-electron chi connectivity index (χ0n) is 15.9. The molecule has 2 aromatic carbocycles. The Morgan fingerprint density at radius 1 is 1.03 bits per heavy atom. The van der Waals surface area contributed by atoms with Crippen molar-refractivity contribution in [2.75, 3.05) is 24.7 Å². The highest BCUT2D eigenvalue weighted by Crippen LogP contribution is 2.30. The number of fused-ring (bicyclic) bond motifs is 1. The molecule has 2 aromatic heterocycles. The second-order valence-electron chi connectivity index (χ2n) is 6.53. The molecule has 4 aromatic rings. The number of hydrogen-bond acceptors (Lipinski definition) is 6. The monoisotopic (exact) mass is 406 g/mol. The van der Waals surface area contributed by atoms with Gasteiger partial charge in [0.2, 0.25) is 0 Å². The topological polar surface area (TPSA) is 94.1 Å². The minimum absolute atomic E-state index is 0.555. The average Bonchev–Trinajstić information content (AvgIpc) is 3.11. The lowest BCUT2D eigenvalue weighted by Gasteiger charge is -2.09. The molecule has 0 radical (unpaired) electrons. The molecule has 0 fully saturated rings. The molecular weight excluding hydrogens is 388 g/mol. The summed E-state index contributed by atoms with van der Waals surface area (Å²) in [7, 11) is 3.86. The maximum atomic E-state index is 6.08. The summed E-state index contributed by atoms with van der Waals surface area (Å²) in [6, 6.07) is 15.2. The van der Waals surface area contributed by atoms with Crippen molar-refractivity contribution in [2.45, 2.75) is 0 Å². The van der Waals surface area contributed by atoms with Gasteiger partial charge in [-0.05, 0) is 42.5 Å². The van der Waals surface area contributed by atoms with Gasteiger partial charge in [-0.15, -0.1) is 0 Å². The molecule has 0 aliphatic carbocycles. The van der Waals surface area contributed by atoms with Gasteiger partial charge in [0, 0.05) is 30.5 Å². The van der Waals surface area contributed by atoms with Crippen molar-refractivity contribution in [3.63, 3.8) is 0 Å². The molecule has 0 spiro atoms. The van der Waals surface area contributed by atoms with E-state index in [9.17, 15) is 0 Å². The average molecular weight is 407 g/mol. The van der Waals surface area contributed by atoms with Gasteiger partial charge >= 0.3 is 0 Å². The minimum atomic E-state index is 0.555. The first-order valence-electron chi connectivity index (χ1n) is 8.88. The van der Waals surface area contributed by atoms with Crippen molar-refractivity contribution in [3.05, 3.63) is 59.9 Å². The number of rotatable bonds is 6. The highest BCUT2D eigenvalue weighted by molar-refractivity contribution is 6.30. The highest BCUT2D eigenvalue weighted by Gasteiger charge is 2.13. The molecule has 3 N–H and O–H groups in total. The fourth-order valence-corrected chi connectivity index (χ4v) is 2.89. The van der Waals surface area contributed by atoms with Crippen LogP contribution < -0.4 is 10.6 Å². The first-order valence-corrected chi connectivity index (χ1v) is 9.25. The maximum absolute atomic E-state index is 6.08. The molecule has 0 aliphatic rings. The van der Waals surface area contributed by atoms with E-state index in [1.165, 1.54) is 6.33 Å². The third-order valence-corrected chi connectivity index (χ3v) is 4.25. The van der Waals surface area contributed by atoms with Crippen molar-refractivity contribution in [1.29, 1.82) is 0 Å². The van der Waals surface area contributed by atoms with E-state index in [2.05, 4.69) is 35.8 Å². The number of benzene rings is 2. The number of aromatic amines is 1. The van der Waals surface area contributed by atoms with Gasteiger partial charge in [-0.1, -0.05) is 17.7 Å². The molecule has 0 bridgehead atoms. The normalized spacial score (nSPS) is 11.1. The van der Waals surface area contributed by atoms with Crippen LogP contribution >= 0.6 is 11.6 Å². The number of nitrogens with zero attached hydrogens (tertiary/aromatic N) is 5. The van der Waals surface area contributed by atoms with E-state index in [1.807, 2.05) is 67.5 Å². The van der Waals surface area contributed by atoms with E-state index < -0.39 is 0 Å². The zero-order valence-corrected chi connectivity index (χ0v) is 16.6. The fourth-order valence-electron chi connectivity index (χ4n) is 2.70. The second-order valence-corrected chi connectivity index (χ2v) is 6.97. The van der Waals surface area contributed by atoms with Gasteiger partial charge in [0.25, 0.3) is 0 Å². The Morgan fingerprint density at radius 3 is 2.62 bits per heavy atom. The van der Waals surface area contributed by atoms with Crippen molar-refractivity contribution in [3.8, 4) is 0 Å². The van der Waals surface area contributed by atoms with E-state index >= 15 is 0 Å². The van der Waals surface area contributed by atoms with E-state index in [4.69, 9.17) is 11.6 Å². The van der Waals surface area contributed by atoms with Crippen LogP contribution in [0, 0.1) is 0 Å². The maximum Gasteiger partial charge on any atom is 0.188 e. The van der Waals surface area contributed by atoms with Crippen molar-refractivity contribution in [1.82, 2.24) is 25.1 Å². The first-order chi connectivity index (χ1) is 14.1. The third-order valence-electron chi connectivity index (χ3n) is 4.01. The Hall–Kier alpha value is -3.65. The van der Waals surface area contributed by atoms with Crippen LogP contribution in [-0.4, -0.2) is 45.5 Å². The lowest BCUT2D eigenvalue weighted by molar-refractivity contribution is 0.643. The summed E-state index contributed by atoms with van der Waals surface area (Å²) in [6.07, 6.45) is 3.23. The van der Waals surface area contributed by atoms with Crippen molar-refractivity contribution < 1.29 is 0 Å². The fraction of sp³-hybridized carbons (Fsp3) is 0.100. The number of nitrogens with one attached hydrogen (secondary N) is 3. The minimum Gasteiger partial charge on any atom is -0.369 e. The molecular formula is C20H19ClN8. The zero-order chi connectivity index (χ0) is 20.2. The molecule has 0 amide bonds. The van der Waals surface area contributed by atoms with Crippen molar-refractivity contribution in [2.24, 2.45) is 4.99 Å². The largest absolute Gasteiger partial charge is 0.369 e. The molecule has 146 valence electrons. The molecule has 29 heavy (non-hydrogen) atoms. The summed E-state index contributed by atoms with van der Waals surface area (Å²) in [5, 5.41) is 15.3. The van der Waals surface area contributed by atoms with Crippen LogP contribution in [0.1, 0.15) is 0 Å². The summed E-state index contributed by atoms with van der Waals surface area (Å²) in [4.78, 5) is 14.9. The lowest BCUT2D eigenvalue weighted by Crippen LogP contribution is -2.06. The standard InChI is InChI=1S/C20H19ClN8/c1-29(2)12-24-14-6-8-15(9-7-14)25-20-17-18(22-11-23-19(17)27-28-20)26-16-5-3-4-13(21)10-16/h3-12H,1-2H3,(H3,22,23,25,26,27,28). The Balaban J connectivity index is 1.61. The Labute approximate surface area is 172 Å². The van der Waals surface area contributed by atoms with Crippen molar-refractivity contribution >= 4 is 57.7 Å². The van der Waals surface area contributed by atoms with Crippen LogP contribution in [0.4, 0.5) is 28.7 Å². The van der Waals surface area contributed by atoms with E-state index in [1.54, 1.807) is 6.34 Å². The first kappa shape index (κ1) is 18.7. The number of anilines is 4. The van der Waals surface area contributed by atoms with Gasteiger partial charge < -0.3 is 15.5 Å². The van der Waals surface area contributed by atoms with Gasteiger partial charge in [-0.25, -0.2) is 15.0 Å². The molecule has 9 heteroatoms. The smallest absolute Gasteiger partial charge is 0.188 e. The van der Waals surface area contributed by atoms with Gasteiger partial charge in [-0.2, -0.15) is 5.10 Å². The van der Waals surface area contributed by atoms with Gasteiger partial charge in [-0.3, -0.25) is 5.10 Å². The second kappa shape index (κ2) is 8.15. The molecule has 0 aliphatic heterocycles. The van der Waals surface area contributed by atoms with E-state index in [0.717, 1.165) is 22.4 Å². The number of aliphatic imine (C=N–C) groups is 1. The summed E-state index contributed by atoms with van der Waals surface area (Å²) < 4.78 is 0. The number of halogens is 1. The van der Waals surface area contributed by atoms with Crippen LogP contribution in [0.15, 0.2) is 59.9 Å². The summed E-state index contributed by atoms with van der Waals surface area (Å²) in [6.45, 7) is 0. The highest BCUT2D eigenvalue weighted by atomic mass is 35.5. The van der Waals surface area contributed by atoms with Gasteiger partial charge in [0.1, 0.15) is 23.3 Å². The van der Waals surface area contributed by atoms with E-state index in [0.29, 0.717) is 22.3 Å². The van der Waals surface area contributed by atoms with Crippen LogP contribution in [-0.2, 0) is 0 Å². The molecule has 2 heterocycles. The predicted octanol–water partition coefficient (Wildman–Crippen LogP) is 4.71. The molecule has 0 atom stereocenters. The molecule has 0 saturated heterocycles. The van der Waals surface area contributed by atoms with Crippen LogP contribution in [0.3, 0.4) is 0 Å². The lowest BCUT2D eigenvalue weighted by atomic mass is 10.2. The third kappa shape index (κ3) is 4.44. The van der Waals surface area contributed by atoms with E-state index in [-0.39, 0.29) is 0 Å². The molecule has 0 saturated carbocycles. The number of hydrogen-bond donors (Lipinski definition) is 3. The Bertz CT molecular complexity index is 1150. The predicted molar refractivity (Wildman–Crippen MR) is 118 cm³/mol. The van der Waals surface area contributed by atoms with Crippen LogP contribution in [0.25, 0.3) is 11.0 Å². The van der Waals surface area contributed by atoms with Gasteiger partial charge in [0.15, 0.2) is 5.65 Å². The summed E-state index contributed by atoms with van der Waals surface area (Å²) >= 11 is 6.08. The summed E-state index contributed by atoms with van der Waals surface area (Å²) in [5.74, 6) is 1.32. The Morgan fingerprint density at radius 2 is 1.86 bits per heavy atom. The Kier molecular flexibility index (Phi) is 5.26. The molecule has 8 nitrogen and oxygen atoms in total. The van der Waals surface area contributed by atoms with Crippen LogP contribution in [0.2, 0.25) is 5.02 Å². The molecule has 4 rings (SSSR count). The summed E-state index contributed by atoms with van der Waals surface area (Å²) in [5.41, 5.74) is 3.13. The number of aromatic nitrogens is 4. The quantitative estimate of drug-likeness (QED) is 0.317. The van der Waals surface area contributed by atoms with Gasteiger partial charge in [0.05, 0.1) is 12.0 Å². The number of H-pyrrole nitrogens is 1. The van der Waals surface area contributed by atoms with Crippen LogP contribution in [0.5, 0.6) is 0 Å².